The monoisotopic (exact) mass is 406 g/mol. The van der Waals surface area contributed by atoms with Crippen molar-refractivity contribution in [3.8, 4) is 11.3 Å². The molecule has 1 fully saturated rings. The third-order valence-electron chi connectivity index (χ3n) is 4.79. The lowest BCUT2D eigenvalue weighted by atomic mass is 10.0. The van der Waals surface area contributed by atoms with E-state index in [-0.39, 0.29) is 18.2 Å². The van der Waals surface area contributed by atoms with Crippen molar-refractivity contribution in [2.75, 3.05) is 38.3 Å². The van der Waals surface area contributed by atoms with Crippen molar-refractivity contribution in [1.29, 1.82) is 0 Å². The molecule has 1 aromatic heterocycles. The zero-order chi connectivity index (χ0) is 20.6. The molecule has 3 rings (SSSR count). The maximum absolute atomic E-state index is 13.3. The van der Waals surface area contributed by atoms with Gasteiger partial charge in [-0.15, -0.1) is 0 Å². The van der Waals surface area contributed by atoms with E-state index in [1.807, 2.05) is 0 Å². The molecule has 0 aliphatic carbocycles. The van der Waals surface area contributed by atoms with E-state index in [9.17, 15) is 13.6 Å². The van der Waals surface area contributed by atoms with Crippen molar-refractivity contribution >= 4 is 11.9 Å². The van der Waals surface area contributed by atoms with E-state index in [4.69, 9.17) is 9.47 Å². The molecule has 1 aliphatic heterocycles. The number of benzene rings is 1. The number of nitrogens with one attached hydrogen (secondary N) is 1. The molecule has 1 N–H and O–H groups in total. The van der Waals surface area contributed by atoms with Gasteiger partial charge in [-0.3, -0.25) is 0 Å². The normalized spacial score (nSPS) is 14.8. The lowest BCUT2D eigenvalue weighted by Gasteiger charge is -2.33. The van der Waals surface area contributed by atoms with Crippen molar-refractivity contribution in [3.63, 3.8) is 0 Å². The first-order valence-electron chi connectivity index (χ1n) is 9.45. The van der Waals surface area contributed by atoms with Crippen LogP contribution < -0.4 is 10.2 Å². The molecule has 29 heavy (non-hydrogen) atoms. The van der Waals surface area contributed by atoms with Crippen molar-refractivity contribution < 1.29 is 23.0 Å². The van der Waals surface area contributed by atoms with Crippen LogP contribution in [0, 0.1) is 0 Å². The lowest BCUT2D eigenvalue weighted by Crippen LogP contribution is -2.45. The smallest absolute Gasteiger partial charge is 0.407 e. The molecule has 1 saturated heterocycles. The summed E-state index contributed by atoms with van der Waals surface area (Å²) in [4.78, 5) is 22.3. The minimum atomic E-state index is -2.57. The van der Waals surface area contributed by atoms with Gasteiger partial charge in [0.25, 0.3) is 6.43 Å². The second-order valence-corrected chi connectivity index (χ2v) is 6.68. The standard InChI is InChI=1S/C20H24F2N4O3/c1-28-10-11-29-20(27)25-14-6-8-26(9-7-14)18-12-17(23-13-24-18)15-4-2-3-5-16(15)19(21)22/h2-5,12-14,19H,6-11H2,1H3,(H,25,27). The second-order valence-electron chi connectivity index (χ2n) is 6.68. The van der Waals surface area contributed by atoms with Crippen LogP contribution in [-0.2, 0) is 9.47 Å². The summed E-state index contributed by atoms with van der Waals surface area (Å²) in [6.07, 6.45) is -0.174. The molecular formula is C20H24F2N4O3. The fourth-order valence-corrected chi connectivity index (χ4v) is 3.27. The highest BCUT2D eigenvalue weighted by molar-refractivity contribution is 5.68. The number of nitrogens with zero attached hydrogens (tertiary/aromatic N) is 3. The van der Waals surface area contributed by atoms with Gasteiger partial charge in [-0.1, -0.05) is 24.3 Å². The van der Waals surface area contributed by atoms with Gasteiger partial charge in [-0.25, -0.2) is 23.5 Å². The highest BCUT2D eigenvalue weighted by Gasteiger charge is 2.23. The first kappa shape index (κ1) is 20.9. The Morgan fingerprint density at radius 3 is 2.72 bits per heavy atom. The third-order valence-corrected chi connectivity index (χ3v) is 4.79. The van der Waals surface area contributed by atoms with Crippen molar-refractivity contribution in [2.45, 2.75) is 25.3 Å². The molecule has 1 amide bonds. The number of aromatic nitrogens is 2. The van der Waals surface area contributed by atoms with Crippen LogP contribution in [0.4, 0.5) is 19.4 Å². The number of hydrogen-bond acceptors (Lipinski definition) is 6. The Hall–Kier alpha value is -2.81. The van der Waals surface area contributed by atoms with Crippen LogP contribution in [0.25, 0.3) is 11.3 Å². The molecule has 7 nitrogen and oxygen atoms in total. The van der Waals surface area contributed by atoms with Gasteiger partial charge in [-0.2, -0.15) is 0 Å². The Morgan fingerprint density at radius 1 is 1.24 bits per heavy atom. The van der Waals surface area contributed by atoms with Crippen LogP contribution in [0.3, 0.4) is 0 Å². The number of ether oxygens (including phenoxy) is 2. The predicted molar refractivity (Wildman–Crippen MR) is 104 cm³/mol. The summed E-state index contributed by atoms with van der Waals surface area (Å²) < 4.78 is 36.5. The fourth-order valence-electron chi connectivity index (χ4n) is 3.27. The summed E-state index contributed by atoms with van der Waals surface area (Å²) in [5.41, 5.74) is 0.821. The first-order chi connectivity index (χ1) is 14.1. The molecule has 0 atom stereocenters. The highest BCUT2D eigenvalue weighted by atomic mass is 19.3. The van der Waals surface area contributed by atoms with E-state index >= 15 is 0 Å². The zero-order valence-electron chi connectivity index (χ0n) is 16.2. The fraction of sp³-hybridized carbons (Fsp3) is 0.450. The molecule has 0 spiro atoms. The molecule has 0 unspecified atom stereocenters. The summed E-state index contributed by atoms with van der Waals surface area (Å²) in [7, 11) is 1.54. The van der Waals surface area contributed by atoms with Crippen LogP contribution in [0.2, 0.25) is 0 Å². The average Bonchev–Trinajstić information content (AvgIpc) is 2.74. The van der Waals surface area contributed by atoms with Crippen molar-refractivity contribution in [2.24, 2.45) is 0 Å². The predicted octanol–water partition coefficient (Wildman–Crippen LogP) is 3.42. The molecule has 9 heteroatoms. The van der Waals surface area contributed by atoms with Gasteiger partial charge in [0.2, 0.25) is 0 Å². The van der Waals surface area contributed by atoms with Crippen LogP contribution in [0.1, 0.15) is 24.8 Å². The summed E-state index contributed by atoms with van der Waals surface area (Å²) >= 11 is 0. The maximum atomic E-state index is 13.3. The van der Waals surface area contributed by atoms with E-state index in [0.717, 1.165) is 12.8 Å². The van der Waals surface area contributed by atoms with Gasteiger partial charge in [0.1, 0.15) is 18.8 Å². The second kappa shape index (κ2) is 10.1. The van der Waals surface area contributed by atoms with Crippen LogP contribution >= 0.6 is 0 Å². The van der Waals surface area contributed by atoms with Gasteiger partial charge in [0.15, 0.2) is 0 Å². The average molecular weight is 406 g/mol. The van der Waals surface area contributed by atoms with Crippen LogP contribution in [0.15, 0.2) is 36.7 Å². The van der Waals surface area contributed by atoms with Gasteiger partial charge in [0, 0.05) is 43.4 Å². The topological polar surface area (TPSA) is 76.6 Å². The van der Waals surface area contributed by atoms with Gasteiger partial charge >= 0.3 is 6.09 Å². The number of carbonyl (C=O) groups excluding carboxylic acids is 1. The summed E-state index contributed by atoms with van der Waals surface area (Å²) in [5.74, 6) is 0.681. The molecule has 0 radical (unpaired) electrons. The number of piperidine rings is 1. The molecule has 0 saturated carbocycles. The molecule has 156 valence electrons. The Morgan fingerprint density at radius 2 is 2.00 bits per heavy atom. The SMILES string of the molecule is COCCOC(=O)NC1CCN(c2cc(-c3ccccc3C(F)F)ncn2)CC1. The van der Waals surface area contributed by atoms with Crippen molar-refractivity contribution in [1.82, 2.24) is 15.3 Å². The number of amides is 1. The number of alkyl carbamates (subject to hydrolysis) is 1. The Balaban J connectivity index is 1.61. The molecular weight excluding hydrogens is 382 g/mol. The third kappa shape index (κ3) is 5.60. The number of alkyl halides is 2. The number of halogens is 2. The zero-order valence-corrected chi connectivity index (χ0v) is 16.2. The molecule has 1 aromatic carbocycles. The number of hydrogen-bond donors (Lipinski definition) is 1. The quantitative estimate of drug-likeness (QED) is 0.710. The van der Waals surface area contributed by atoms with Gasteiger partial charge in [0.05, 0.1) is 12.3 Å². The minimum Gasteiger partial charge on any atom is -0.447 e. The summed E-state index contributed by atoms with van der Waals surface area (Å²) in [6.45, 7) is 1.92. The van der Waals surface area contributed by atoms with E-state index in [1.165, 1.54) is 12.4 Å². The molecule has 2 heterocycles. The van der Waals surface area contributed by atoms with E-state index < -0.39 is 12.5 Å². The lowest BCUT2D eigenvalue weighted by molar-refractivity contribution is 0.0956. The van der Waals surface area contributed by atoms with E-state index in [0.29, 0.717) is 36.8 Å². The Kier molecular flexibility index (Phi) is 7.29. The number of anilines is 1. The largest absolute Gasteiger partial charge is 0.447 e. The van der Waals surface area contributed by atoms with Crippen molar-refractivity contribution in [3.05, 3.63) is 42.2 Å². The van der Waals surface area contributed by atoms with E-state index in [1.54, 1.807) is 31.4 Å². The number of carbonyl (C=O) groups is 1. The Labute approximate surface area is 168 Å². The van der Waals surface area contributed by atoms with Gasteiger partial charge in [-0.05, 0) is 12.8 Å². The van der Waals surface area contributed by atoms with Crippen LogP contribution in [0.5, 0.6) is 0 Å². The Bertz CT molecular complexity index is 814. The summed E-state index contributed by atoms with van der Waals surface area (Å²) in [6, 6.07) is 8.09. The molecule has 2 aromatic rings. The summed E-state index contributed by atoms with van der Waals surface area (Å²) in [5, 5.41) is 2.85. The highest BCUT2D eigenvalue weighted by Crippen LogP contribution is 2.31. The molecule has 1 aliphatic rings. The number of rotatable bonds is 7. The number of methoxy groups -OCH3 is 1. The first-order valence-corrected chi connectivity index (χ1v) is 9.45. The van der Waals surface area contributed by atoms with Gasteiger partial charge < -0.3 is 19.7 Å². The van der Waals surface area contributed by atoms with E-state index in [2.05, 4.69) is 20.2 Å². The minimum absolute atomic E-state index is 0.0159. The molecule has 0 bridgehead atoms. The maximum Gasteiger partial charge on any atom is 0.407 e. The van der Waals surface area contributed by atoms with Crippen LogP contribution in [-0.4, -0.2) is 55.5 Å².